The molecule has 0 saturated carbocycles. The summed E-state index contributed by atoms with van der Waals surface area (Å²) in [5.41, 5.74) is -0.551. The molecule has 10 heteroatoms. The van der Waals surface area contributed by atoms with Gasteiger partial charge in [-0.25, -0.2) is 17.8 Å². The Kier molecular flexibility index (Phi) is 4.79. The lowest BCUT2D eigenvalue weighted by Gasteiger charge is -2.30. The smallest absolute Gasteiger partial charge is 0.333 e. The average molecular weight is 470 g/mol. The Balaban J connectivity index is 1.69. The lowest BCUT2D eigenvalue weighted by Crippen LogP contribution is -2.38. The number of benzene rings is 3. The summed E-state index contributed by atoms with van der Waals surface area (Å²) in [5.74, 6) is 0.457. The minimum absolute atomic E-state index is 0.0220. The van der Waals surface area contributed by atoms with Crippen LogP contribution in [0, 0.1) is 0 Å². The van der Waals surface area contributed by atoms with Crippen LogP contribution >= 0.6 is 11.6 Å². The number of ether oxygens (including phenoxy) is 1. The van der Waals surface area contributed by atoms with Crippen molar-refractivity contribution in [3.63, 3.8) is 0 Å². The molecule has 3 aromatic carbocycles. The van der Waals surface area contributed by atoms with Crippen molar-refractivity contribution in [3.8, 4) is 11.4 Å². The van der Waals surface area contributed by atoms with Crippen molar-refractivity contribution >= 4 is 38.2 Å². The van der Waals surface area contributed by atoms with Crippen LogP contribution in [0.2, 0.25) is 5.02 Å². The average Bonchev–Trinajstić information content (AvgIpc) is 2.79. The highest BCUT2D eigenvalue weighted by molar-refractivity contribution is 7.92. The van der Waals surface area contributed by atoms with Gasteiger partial charge in [0.25, 0.3) is 15.6 Å². The molecule has 1 N–H and O–H groups in total. The SMILES string of the molecule is O=c1[nH]c2ccccc2c(=O)n1-c1cc(S(=O)(=O)N2CCOc3ccccc32)ccc1Cl. The summed E-state index contributed by atoms with van der Waals surface area (Å²) < 4.78 is 34.6. The standard InChI is InChI=1S/C22H16ClN3O5S/c23-16-10-9-14(32(29,30)25-11-12-31-20-8-4-3-7-18(20)25)13-19(16)26-21(27)15-5-1-2-6-17(15)24-22(26)28/h1-10,13H,11-12H2,(H,24,28). The molecule has 4 aromatic rings. The van der Waals surface area contributed by atoms with Gasteiger partial charge in [0.05, 0.1) is 38.7 Å². The minimum Gasteiger partial charge on any atom is -0.489 e. The molecule has 1 aromatic heterocycles. The fourth-order valence-corrected chi connectivity index (χ4v) is 5.41. The van der Waals surface area contributed by atoms with Gasteiger partial charge in [0.1, 0.15) is 12.4 Å². The van der Waals surface area contributed by atoms with E-state index in [1.54, 1.807) is 48.5 Å². The van der Waals surface area contributed by atoms with Crippen LogP contribution in [0.15, 0.2) is 81.2 Å². The monoisotopic (exact) mass is 469 g/mol. The van der Waals surface area contributed by atoms with Crippen LogP contribution < -0.4 is 20.3 Å². The highest BCUT2D eigenvalue weighted by Gasteiger charge is 2.30. The first kappa shape index (κ1) is 20.3. The number of aromatic nitrogens is 2. The molecule has 8 nitrogen and oxygen atoms in total. The summed E-state index contributed by atoms with van der Waals surface area (Å²) >= 11 is 6.30. The normalized spacial score (nSPS) is 13.6. The molecule has 0 unspecified atom stereocenters. The largest absolute Gasteiger partial charge is 0.489 e. The number of nitrogens with one attached hydrogen (secondary N) is 1. The number of aromatic amines is 1. The van der Waals surface area contributed by atoms with Crippen molar-refractivity contribution in [2.45, 2.75) is 4.90 Å². The van der Waals surface area contributed by atoms with Crippen LogP contribution in [0.1, 0.15) is 0 Å². The van der Waals surface area contributed by atoms with Crippen LogP contribution in [-0.2, 0) is 10.0 Å². The van der Waals surface area contributed by atoms with Crippen LogP contribution in [0.5, 0.6) is 5.75 Å². The van der Waals surface area contributed by atoms with Gasteiger partial charge in [0.15, 0.2) is 0 Å². The van der Waals surface area contributed by atoms with Gasteiger partial charge in [-0.1, -0.05) is 35.9 Å². The number of nitrogens with zero attached hydrogens (tertiary/aromatic N) is 2. The van der Waals surface area contributed by atoms with E-state index in [-0.39, 0.29) is 34.1 Å². The van der Waals surface area contributed by atoms with Crippen LogP contribution in [0.25, 0.3) is 16.6 Å². The predicted molar refractivity (Wildman–Crippen MR) is 122 cm³/mol. The maximum Gasteiger partial charge on any atom is 0.333 e. The van der Waals surface area contributed by atoms with Crippen molar-refractivity contribution < 1.29 is 13.2 Å². The lowest BCUT2D eigenvalue weighted by molar-refractivity contribution is 0.316. The minimum atomic E-state index is -4.02. The zero-order valence-corrected chi connectivity index (χ0v) is 18.1. The van der Waals surface area contributed by atoms with Crippen LogP contribution in [0.3, 0.4) is 0 Å². The molecule has 0 spiro atoms. The number of anilines is 1. The molecular formula is C22H16ClN3O5S. The summed E-state index contributed by atoms with van der Waals surface area (Å²) in [4.78, 5) is 28.3. The zero-order valence-electron chi connectivity index (χ0n) is 16.5. The van der Waals surface area contributed by atoms with E-state index in [1.165, 1.54) is 22.5 Å². The Morgan fingerprint density at radius 2 is 1.69 bits per heavy atom. The molecule has 5 rings (SSSR count). The molecular weight excluding hydrogens is 454 g/mol. The molecule has 0 radical (unpaired) electrons. The second-order valence-corrected chi connectivity index (χ2v) is 9.39. The molecule has 1 aliphatic rings. The van der Waals surface area contributed by atoms with Crippen LogP contribution in [0.4, 0.5) is 5.69 Å². The number of hydrogen-bond donors (Lipinski definition) is 1. The maximum absolute atomic E-state index is 13.5. The Hall–Kier alpha value is -3.56. The predicted octanol–water partition coefficient (Wildman–Crippen LogP) is 2.92. The Labute approximate surface area is 187 Å². The first-order valence-corrected chi connectivity index (χ1v) is 11.5. The van der Waals surface area contributed by atoms with Gasteiger partial charge in [0.2, 0.25) is 0 Å². The number of sulfonamides is 1. The Morgan fingerprint density at radius 3 is 2.53 bits per heavy atom. The second-order valence-electron chi connectivity index (χ2n) is 7.12. The molecule has 0 bridgehead atoms. The molecule has 0 fully saturated rings. The van der Waals surface area contributed by atoms with Gasteiger partial charge >= 0.3 is 5.69 Å². The molecule has 2 heterocycles. The molecule has 0 saturated heterocycles. The van der Waals surface area contributed by atoms with Crippen molar-refractivity contribution in [2.24, 2.45) is 0 Å². The molecule has 0 amide bonds. The molecule has 162 valence electrons. The van der Waals surface area contributed by atoms with Crippen molar-refractivity contribution in [2.75, 3.05) is 17.5 Å². The van der Waals surface area contributed by atoms with Gasteiger partial charge in [0, 0.05) is 0 Å². The number of H-pyrrole nitrogens is 1. The molecule has 0 atom stereocenters. The van der Waals surface area contributed by atoms with E-state index in [1.807, 2.05) is 0 Å². The van der Waals surface area contributed by atoms with Gasteiger partial charge in [-0.15, -0.1) is 0 Å². The maximum atomic E-state index is 13.5. The second kappa shape index (κ2) is 7.54. The Morgan fingerprint density at radius 1 is 0.938 bits per heavy atom. The third-order valence-corrected chi connectivity index (χ3v) is 7.37. The fraction of sp³-hybridized carbons (Fsp3) is 0.0909. The van der Waals surface area contributed by atoms with Gasteiger partial charge in [-0.2, -0.15) is 0 Å². The summed E-state index contributed by atoms with van der Waals surface area (Å²) in [5, 5.41) is 0.341. The topological polar surface area (TPSA) is 101 Å². The van der Waals surface area contributed by atoms with E-state index in [9.17, 15) is 18.0 Å². The first-order chi connectivity index (χ1) is 15.4. The number of fused-ring (bicyclic) bond motifs is 2. The van der Waals surface area contributed by atoms with E-state index >= 15 is 0 Å². The van der Waals surface area contributed by atoms with Crippen molar-refractivity contribution in [1.82, 2.24) is 9.55 Å². The summed E-state index contributed by atoms with van der Waals surface area (Å²) in [7, 11) is -4.02. The fourth-order valence-electron chi connectivity index (χ4n) is 3.73. The summed E-state index contributed by atoms with van der Waals surface area (Å²) in [6.45, 7) is 0.314. The van der Waals surface area contributed by atoms with Crippen molar-refractivity contribution in [3.05, 3.63) is 92.6 Å². The van der Waals surface area contributed by atoms with Gasteiger partial charge in [-0.05, 0) is 42.5 Å². The number of halogens is 1. The van der Waals surface area contributed by atoms with Gasteiger partial charge < -0.3 is 9.72 Å². The molecule has 1 aliphatic heterocycles. The van der Waals surface area contributed by atoms with E-state index in [4.69, 9.17) is 16.3 Å². The van der Waals surface area contributed by atoms with E-state index in [0.29, 0.717) is 17.0 Å². The third-order valence-electron chi connectivity index (χ3n) is 5.24. The lowest BCUT2D eigenvalue weighted by atomic mass is 10.2. The van der Waals surface area contributed by atoms with E-state index in [2.05, 4.69) is 4.98 Å². The molecule has 32 heavy (non-hydrogen) atoms. The third kappa shape index (κ3) is 3.17. The quantitative estimate of drug-likeness (QED) is 0.497. The zero-order chi connectivity index (χ0) is 22.5. The summed E-state index contributed by atoms with van der Waals surface area (Å²) in [6.07, 6.45) is 0. The van der Waals surface area contributed by atoms with Gasteiger partial charge in [-0.3, -0.25) is 9.10 Å². The number of rotatable bonds is 3. The first-order valence-electron chi connectivity index (χ1n) is 9.66. The summed E-state index contributed by atoms with van der Waals surface area (Å²) in [6, 6.07) is 17.3. The van der Waals surface area contributed by atoms with E-state index < -0.39 is 21.3 Å². The Bertz CT molecular complexity index is 1590. The van der Waals surface area contributed by atoms with Crippen LogP contribution in [-0.4, -0.2) is 31.1 Å². The van der Waals surface area contributed by atoms with Crippen molar-refractivity contribution in [1.29, 1.82) is 0 Å². The number of para-hydroxylation sites is 3. The molecule has 0 aliphatic carbocycles. The highest BCUT2D eigenvalue weighted by Crippen LogP contribution is 2.35. The number of hydrogen-bond acceptors (Lipinski definition) is 5. The highest BCUT2D eigenvalue weighted by atomic mass is 35.5. The van der Waals surface area contributed by atoms with E-state index in [0.717, 1.165) is 4.57 Å².